The van der Waals surface area contributed by atoms with Crippen molar-refractivity contribution in [3.63, 3.8) is 0 Å². The van der Waals surface area contributed by atoms with Gasteiger partial charge in [0.2, 0.25) is 0 Å². The van der Waals surface area contributed by atoms with Crippen LogP contribution in [0.5, 0.6) is 0 Å². The van der Waals surface area contributed by atoms with E-state index in [1.54, 1.807) is 0 Å². The summed E-state index contributed by atoms with van der Waals surface area (Å²) in [7, 11) is 0. The first-order chi connectivity index (χ1) is 12.0. The van der Waals surface area contributed by atoms with Crippen LogP contribution in [0.1, 0.15) is 58.8 Å². The van der Waals surface area contributed by atoms with Crippen molar-refractivity contribution in [3.8, 4) is 0 Å². The van der Waals surface area contributed by atoms with Crippen LogP contribution in [-0.2, 0) is 14.3 Å². The van der Waals surface area contributed by atoms with Crippen LogP contribution in [0.25, 0.3) is 0 Å². The average Bonchev–Trinajstić information content (AvgIpc) is 2.57. The standard InChI is InChI=1S/C19H33NO5/c1-3-7-15(2)14-17(19(23)24)16(18(21)22)8-5-4-6-9-20-10-12-25-13-11-20/h15H,3-14H2,1-2H3,(H,21,22)(H,23,24). The van der Waals surface area contributed by atoms with Gasteiger partial charge < -0.3 is 14.9 Å². The van der Waals surface area contributed by atoms with Crippen molar-refractivity contribution in [2.24, 2.45) is 5.92 Å². The summed E-state index contributed by atoms with van der Waals surface area (Å²) < 4.78 is 5.31. The van der Waals surface area contributed by atoms with Gasteiger partial charge in [0.25, 0.3) is 0 Å². The van der Waals surface area contributed by atoms with Gasteiger partial charge in [-0.2, -0.15) is 0 Å². The fourth-order valence-electron chi connectivity index (χ4n) is 3.31. The lowest BCUT2D eigenvalue weighted by Gasteiger charge is -2.26. The third-order valence-electron chi connectivity index (χ3n) is 4.72. The quantitative estimate of drug-likeness (QED) is 0.413. The smallest absolute Gasteiger partial charge is 0.332 e. The molecule has 25 heavy (non-hydrogen) atoms. The molecule has 1 heterocycles. The zero-order valence-corrected chi connectivity index (χ0v) is 15.6. The highest BCUT2D eigenvalue weighted by Gasteiger charge is 2.21. The van der Waals surface area contributed by atoms with Gasteiger partial charge in [0, 0.05) is 24.2 Å². The molecule has 1 atom stereocenters. The molecule has 0 bridgehead atoms. The van der Waals surface area contributed by atoms with E-state index in [0.29, 0.717) is 19.3 Å². The van der Waals surface area contributed by atoms with Gasteiger partial charge in [0.1, 0.15) is 0 Å². The van der Waals surface area contributed by atoms with Crippen LogP contribution in [0.4, 0.5) is 0 Å². The van der Waals surface area contributed by atoms with Crippen LogP contribution in [-0.4, -0.2) is 59.9 Å². The van der Waals surface area contributed by atoms with Crippen molar-refractivity contribution in [2.45, 2.75) is 58.8 Å². The van der Waals surface area contributed by atoms with Gasteiger partial charge >= 0.3 is 11.9 Å². The first-order valence-corrected chi connectivity index (χ1v) is 9.44. The molecule has 0 aromatic heterocycles. The van der Waals surface area contributed by atoms with Gasteiger partial charge in [-0.1, -0.05) is 33.1 Å². The summed E-state index contributed by atoms with van der Waals surface area (Å²) in [4.78, 5) is 25.4. The fourth-order valence-corrected chi connectivity index (χ4v) is 3.31. The predicted octanol–water partition coefficient (Wildman–Crippen LogP) is 3.17. The van der Waals surface area contributed by atoms with Crippen molar-refractivity contribution >= 4 is 11.9 Å². The first kappa shape index (κ1) is 21.6. The van der Waals surface area contributed by atoms with E-state index < -0.39 is 11.9 Å². The minimum absolute atomic E-state index is 0.0848. The Bertz CT molecular complexity index is 455. The second-order valence-electron chi connectivity index (χ2n) is 6.93. The lowest BCUT2D eigenvalue weighted by Crippen LogP contribution is -2.36. The Morgan fingerprint density at radius 2 is 1.68 bits per heavy atom. The summed E-state index contributed by atoms with van der Waals surface area (Å²) in [5.41, 5.74) is 0.170. The van der Waals surface area contributed by atoms with E-state index in [9.17, 15) is 19.8 Å². The molecule has 1 rings (SSSR count). The van der Waals surface area contributed by atoms with Crippen LogP contribution in [0.15, 0.2) is 11.1 Å². The molecule has 0 spiro atoms. The SMILES string of the molecule is CCCC(C)CC(C(=O)O)=C(CCCCCN1CCOCC1)C(=O)O. The number of carboxylic acids is 2. The first-order valence-electron chi connectivity index (χ1n) is 9.44. The molecule has 0 aliphatic carbocycles. The number of ether oxygens (including phenoxy) is 1. The topological polar surface area (TPSA) is 87.1 Å². The maximum atomic E-state index is 11.6. The summed E-state index contributed by atoms with van der Waals surface area (Å²) in [6.07, 6.45) is 5.16. The van der Waals surface area contributed by atoms with Crippen molar-refractivity contribution in [1.29, 1.82) is 0 Å². The molecule has 0 aromatic rings. The normalized spacial score (nSPS) is 17.8. The number of nitrogens with zero attached hydrogens (tertiary/aromatic N) is 1. The van der Waals surface area contributed by atoms with E-state index in [2.05, 4.69) is 4.90 Å². The molecular formula is C19H33NO5. The lowest BCUT2D eigenvalue weighted by atomic mass is 9.91. The highest BCUT2D eigenvalue weighted by atomic mass is 16.5. The fraction of sp³-hybridized carbons (Fsp3) is 0.789. The second kappa shape index (κ2) is 12.0. The van der Waals surface area contributed by atoms with E-state index in [1.165, 1.54) is 0 Å². The molecule has 1 aliphatic rings. The molecule has 0 aromatic carbocycles. The van der Waals surface area contributed by atoms with Gasteiger partial charge in [-0.3, -0.25) is 4.90 Å². The molecule has 1 fully saturated rings. The average molecular weight is 355 g/mol. The molecule has 2 N–H and O–H groups in total. The number of unbranched alkanes of at least 4 members (excludes halogenated alkanes) is 2. The number of aliphatic carboxylic acids is 2. The van der Waals surface area contributed by atoms with Crippen LogP contribution in [0.3, 0.4) is 0 Å². The summed E-state index contributed by atoms with van der Waals surface area (Å²) in [6.45, 7) is 8.50. The zero-order chi connectivity index (χ0) is 18.7. The van der Waals surface area contributed by atoms with Crippen molar-refractivity contribution < 1.29 is 24.5 Å². The summed E-state index contributed by atoms with van der Waals surface area (Å²) in [6, 6.07) is 0. The van der Waals surface area contributed by atoms with E-state index >= 15 is 0 Å². The molecule has 0 saturated carbocycles. The Hall–Kier alpha value is -1.40. The summed E-state index contributed by atoms with van der Waals surface area (Å²) >= 11 is 0. The van der Waals surface area contributed by atoms with Crippen LogP contribution in [0, 0.1) is 5.92 Å². The van der Waals surface area contributed by atoms with Crippen LogP contribution >= 0.6 is 0 Å². The highest BCUT2D eigenvalue weighted by molar-refractivity contribution is 5.98. The second-order valence-corrected chi connectivity index (χ2v) is 6.93. The van der Waals surface area contributed by atoms with Crippen LogP contribution in [0.2, 0.25) is 0 Å². The van der Waals surface area contributed by atoms with Gasteiger partial charge in [-0.15, -0.1) is 0 Å². The molecular weight excluding hydrogens is 322 g/mol. The van der Waals surface area contributed by atoms with Gasteiger partial charge in [-0.25, -0.2) is 9.59 Å². The van der Waals surface area contributed by atoms with E-state index in [4.69, 9.17) is 4.74 Å². The molecule has 6 heteroatoms. The zero-order valence-electron chi connectivity index (χ0n) is 15.6. The predicted molar refractivity (Wildman–Crippen MR) is 96.7 cm³/mol. The third kappa shape index (κ3) is 8.50. The van der Waals surface area contributed by atoms with Crippen molar-refractivity contribution in [2.75, 3.05) is 32.8 Å². The molecule has 144 valence electrons. The van der Waals surface area contributed by atoms with Crippen LogP contribution < -0.4 is 0 Å². The number of morpholine rings is 1. The van der Waals surface area contributed by atoms with Gasteiger partial charge in [0.05, 0.1) is 13.2 Å². The highest BCUT2D eigenvalue weighted by Crippen LogP contribution is 2.23. The van der Waals surface area contributed by atoms with E-state index in [0.717, 1.165) is 58.5 Å². The molecule has 0 amide bonds. The number of hydrogen-bond donors (Lipinski definition) is 2. The summed E-state index contributed by atoms with van der Waals surface area (Å²) in [5, 5.41) is 18.9. The Labute approximate surface area is 150 Å². The molecule has 6 nitrogen and oxygen atoms in total. The van der Waals surface area contributed by atoms with Gasteiger partial charge in [0.15, 0.2) is 0 Å². The summed E-state index contributed by atoms with van der Waals surface area (Å²) in [5.74, 6) is -1.99. The lowest BCUT2D eigenvalue weighted by molar-refractivity contribution is -0.136. The minimum Gasteiger partial charge on any atom is -0.478 e. The Morgan fingerprint density at radius 1 is 1.04 bits per heavy atom. The third-order valence-corrected chi connectivity index (χ3v) is 4.72. The van der Waals surface area contributed by atoms with Crippen molar-refractivity contribution in [3.05, 3.63) is 11.1 Å². The van der Waals surface area contributed by atoms with Gasteiger partial charge in [-0.05, 0) is 38.1 Å². The minimum atomic E-state index is -1.09. The number of carboxylic acid groups (broad SMARTS) is 2. The Kier molecular flexibility index (Phi) is 10.4. The number of rotatable bonds is 12. The maximum Gasteiger partial charge on any atom is 0.332 e. The molecule has 1 aliphatic heterocycles. The molecule has 1 saturated heterocycles. The molecule has 1 unspecified atom stereocenters. The number of hydrogen-bond acceptors (Lipinski definition) is 4. The maximum absolute atomic E-state index is 11.6. The number of carbonyl (C=O) groups is 2. The van der Waals surface area contributed by atoms with Crippen molar-refractivity contribution in [1.82, 2.24) is 4.90 Å². The largest absolute Gasteiger partial charge is 0.478 e. The monoisotopic (exact) mass is 355 g/mol. The Balaban J connectivity index is 2.51. The van der Waals surface area contributed by atoms with E-state index in [-0.39, 0.29) is 17.1 Å². The molecule has 0 radical (unpaired) electrons. The Morgan fingerprint density at radius 3 is 2.24 bits per heavy atom. The van der Waals surface area contributed by atoms with E-state index in [1.807, 2.05) is 13.8 Å².